The van der Waals surface area contributed by atoms with Gasteiger partial charge in [0, 0.05) is 4.88 Å². The summed E-state index contributed by atoms with van der Waals surface area (Å²) in [6.45, 7) is 10.9. The molecule has 2 rings (SSSR count). The Morgan fingerprint density at radius 1 is 1.09 bits per heavy atom. The summed E-state index contributed by atoms with van der Waals surface area (Å²) >= 11 is 1.38. The third kappa shape index (κ3) is 7.14. The Hall–Kier alpha value is -2.20. The second-order valence-corrected chi connectivity index (χ2v) is 11.2. The highest BCUT2D eigenvalue weighted by Crippen LogP contribution is 2.40. The molecule has 2 heterocycles. The van der Waals surface area contributed by atoms with Gasteiger partial charge in [-0.15, -0.1) is 11.3 Å². The molecular weight excluding hydrogens is 467 g/mol. The van der Waals surface area contributed by atoms with Gasteiger partial charge in [-0.3, -0.25) is 14.2 Å². The van der Waals surface area contributed by atoms with Crippen molar-refractivity contribution >= 4 is 41.4 Å². The number of rotatable bonds is 12. The number of esters is 2. The molecule has 0 bridgehead atoms. The molecule has 2 aromatic rings. The van der Waals surface area contributed by atoms with Crippen LogP contribution in [0.25, 0.3) is 11.5 Å². The van der Waals surface area contributed by atoms with Crippen molar-refractivity contribution in [1.29, 1.82) is 0 Å². The van der Waals surface area contributed by atoms with E-state index in [4.69, 9.17) is 19.6 Å². The first-order chi connectivity index (χ1) is 15.5. The van der Waals surface area contributed by atoms with Crippen molar-refractivity contribution < 1.29 is 28.0 Å². The number of anilines is 1. The van der Waals surface area contributed by atoms with Crippen LogP contribution in [0.5, 0.6) is 0 Å². The number of hydrogen-bond acceptors (Lipinski definition) is 9. The van der Waals surface area contributed by atoms with E-state index >= 15 is 0 Å². The van der Waals surface area contributed by atoms with Crippen LogP contribution in [-0.4, -0.2) is 42.2 Å². The second kappa shape index (κ2) is 11.8. The average Bonchev–Trinajstić information content (AvgIpc) is 3.34. The number of furan rings is 1. The molecule has 0 spiro atoms. The van der Waals surface area contributed by atoms with Crippen LogP contribution in [0, 0.1) is 5.92 Å². The summed E-state index contributed by atoms with van der Waals surface area (Å²) in [5, 5.41) is 5.94. The van der Waals surface area contributed by atoms with E-state index in [0.717, 1.165) is 11.3 Å². The van der Waals surface area contributed by atoms with E-state index < -0.39 is 31.5 Å². The van der Waals surface area contributed by atoms with Gasteiger partial charge in [-0.2, -0.15) is 0 Å². The van der Waals surface area contributed by atoms with Crippen LogP contribution in [0.15, 0.2) is 16.5 Å². The third-order valence-corrected chi connectivity index (χ3v) is 7.74. The largest absolute Gasteiger partial charge is 0.465 e. The molecule has 0 fully saturated rings. The molecule has 0 amide bonds. The number of ether oxygens (including phenoxy) is 2. The number of thiazole rings is 1. The van der Waals surface area contributed by atoms with Gasteiger partial charge in [0.2, 0.25) is 0 Å². The average molecular weight is 501 g/mol. The predicted molar refractivity (Wildman–Crippen MR) is 128 cm³/mol. The van der Waals surface area contributed by atoms with Crippen LogP contribution in [0.3, 0.4) is 0 Å². The summed E-state index contributed by atoms with van der Waals surface area (Å²) in [6.07, 6.45) is 0.758. The molecule has 0 unspecified atom stereocenters. The molecule has 0 aromatic carbocycles. The summed E-state index contributed by atoms with van der Waals surface area (Å²) in [4.78, 5) is 29.7. The Kier molecular flexibility index (Phi) is 9.66. The van der Waals surface area contributed by atoms with E-state index in [1.54, 1.807) is 19.9 Å². The molecule has 0 aliphatic heterocycles. The molecule has 0 saturated heterocycles. The van der Waals surface area contributed by atoms with Crippen molar-refractivity contribution in [3.05, 3.63) is 17.0 Å². The van der Waals surface area contributed by atoms with Crippen LogP contribution in [0.1, 0.15) is 46.4 Å². The van der Waals surface area contributed by atoms with E-state index in [0.29, 0.717) is 22.5 Å². The molecule has 4 N–H and O–H groups in total. The van der Waals surface area contributed by atoms with Crippen molar-refractivity contribution in [2.24, 2.45) is 5.92 Å². The van der Waals surface area contributed by atoms with Gasteiger partial charge in [0.1, 0.15) is 17.8 Å². The zero-order chi connectivity index (χ0) is 24.8. The van der Waals surface area contributed by atoms with Crippen molar-refractivity contribution in [3.63, 3.8) is 0 Å². The molecule has 10 nitrogen and oxygen atoms in total. The maximum atomic E-state index is 14.0. The molecular formula is C21H33N4O6PS. The molecule has 12 heteroatoms. The van der Waals surface area contributed by atoms with Gasteiger partial charge < -0.3 is 19.6 Å². The fraction of sp³-hybridized carbons (Fsp3) is 0.571. The van der Waals surface area contributed by atoms with Gasteiger partial charge in [-0.1, -0.05) is 13.8 Å². The fourth-order valence-corrected chi connectivity index (χ4v) is 6.24. The lowest BCUT2D eigenvalue weighted by Gasteiger charge is -2.24. The van der Waals surface area contributed by atoms with Crippen LogP contribution in [0.4, 0.5) is 5.13 Å². The van der Waals surface area contributed by atoms with Gasteiger partial charge in [-0.05, 0) is 52.2 Å². The normalized spacial score (nSPS) is 13.7. The summed E-state index contributed by atoms with van der Waals surface area (Å²) in [7, 11) is -3.80. The van der Waals surface area contributed by atoms with Crippen molar-refractivity contribution in [1.82, 2.24) is 15.2 Å². The Morgan fingerprint density at radius 2 is 1.64 bits per heavy atom. The van der Waals surface area contributed by atoms with Crippen molar-refractivity contribution in [2.45, 2.75) is 60.0 Å². The minimum Gasteiger partial charge on any atom is -0.465 e. The lowest BCUT2D eigenvalue weighted by Crippen LogP contribution is -2.44. The molecule has 184 valence electrons. The van der Waals surface area contributed by atoms with Gasteiger partial charge in [0.05, 0.1) is 13.2 Å². The molecule has 0 aliphatic carbocycles. The van der Waals surface area contributed by atoms with Crippen LogP contribution in [0.2, 0.25) is 0 Å². The van der Waals surface area contributed by atoms with Gasteiger partial charge in [0.25, 0.3) is 7.44 Å². The Labute approximate surface area is 198 Å². The lowest BCUT2D eigenvalue weighted by molar-refractivity contribution is -0.145. The minimum absolute atomic E-state index is 0.0341. The van der Waals surface area contributed by atoms with Crippen LogP contribution in [-0.2, 0) is 30.0 Å². The number of nitrogens with one attached hydrogen (secondary N) is 2. The number of hydrogen-bond donors (Lipinski definition) is 3. The molecule has 0 aliphatic rings. The maximum Gasteiger partial charge on any atom is 0.323 e. The Bertz CT molecular complexity index is 975. The van der Waals surface area contributed by atoms with Gasteiger partial charge >= 0.3 is 11.9 Å². The summed E-state index contributed by atoms with van der Waals surface area (Å²) in [5.41, 5.74) is 6.54. The van der Waals surface area contributed by atoms with Crippen LogP contribution >= 0.6 is 18.8 Å². The fourth-order valence-electron chi connectivity index (χ4n) is 3.05. The maximum absolute atomic E-state index is 14.0. The molecule has 0 radical (unpaired) electrons. The monoisotopic (exact) mass is 500 g/mol. The first kappa shape index (κ1) is 27.0. The van der Waals surface area contributed by atoms with Crippen molar-refractivity contribution in [2.75, 3.05) is 18.9 Å². The number of carbonyl (C=O) groups excluding carboxylic acids is 2. The number of carbonyl (C=O) groups is 2. The Balaban J connectivity index is 2.42. The highest BCUT2D eigenvalue weighted by molar-refractivity contribution is 7.67. The summed E-state index contributed by atoms with van der Waals surface area (Å²) < 4.78 is 30.0. The lowest BCUT2D eigenvalue weighted by atomic mass is 10.1. The van der Waals surface area contributed by atoms with E-state index in [1.807, 2.05) is 0 Å². The smallest absolute Gasteiger partial charge is 0.323 e. The number of nitrogens with zero attached hydrogens (tertiary/aromatic N) is 1. The highest BCUT2D eigenvalue weighted by Gasteiger charge is 2.36. The van der Waals surface area contributed by atoms with E-state index in [1.165, 1.54) is 31.3 Å². The molecule has 2 atom stereocenters. The van der Waals surface area contributed by atoms with Crippen LogP contribution < -0.4 is 21.4 Å². The third-order valence-electron chi connectivity index (χ3n) is 4.47. The van der Waals surface area contributed by atoms with Gasteiger partial charge in [0.15, 0.2) is 16.4 Å². The zero-order valence-electron chi connectivity index (χ0n) is 19.8. The summed E-state index contributed by atoms with van der Waals surface area (Å²) in [5.74, 6) is -0.392. The molecule has 33 heavy (non-hydrogen) atoms. The minimum atomic E-state index is -3.80. The van der Waals surface area contributed by atoms with E-state index in [-0.39, 0.29) is 18.7 Å². The topological polar surface area (TPSA) is 146 Å². The molecule has 0 saturated carbocycles. The predicted octanol–water partition coefficient (Wildman–Crippen LogP) is 3.08. The zero-order valence-corrected chi connectivity index (χ0v) is 21.5. The number of nitrogens with two attached hydrogens (primary N) is 1. The summed E-state index contributed by atoms with van der Waals surface area (Å²) in [6, 6.07) is 1.31. The van der Waals surface area contributed by atoms with Gasteiger partial charge in [-0.25, -0.2) is 15.2 Å². The second-order valence-electron chi connectivity index (χ2n) is 7.87. The van der Waals surface area contributed by atoms with Crippen molar-refractivity contribution in [3.8, 4) is 11.5 Å². The van der Waals surface area contributed by atoms with E-state index in [9.17, 15) is 14.2 Å². The quantitative estimate of drug-likeness (QED) is 0.293. The first-order valence-corrected chi connectivity index (χ1v) is 13.4. The number of nitrogen functional groups attached to an aromatic ring is 1. The first-order valence-electron chi connectivity index (χ1n) is 10.9. The molecule has 2 aromatic heterocycles. The Morgan fingerprint density at radius 3 is 2.12 bits per heavy atom. The highest BCUT2D eigenvalue weighted by atomic mass is 32.1. The standard InChI is InChI=1S/C21H33N4O6PS/c1-7-29-19(26)13(5)24-32(28,25-14(6)20(27)30-8-2)17-10-9-15(31-17)18-16(11-12(3)4)33-21(22)23-18/h9-10,12-14H,7-8,11H2,1-6H3,(H2,22,23)(H2,24,25,28)/t13-,14-/m0/s1. The van der Waals surface area contributed by atoms with E-state index in [2.05, 4.69) is 29.0 Å². The SMILES string of the molecule is CCOC(=O)[C@H](C)NP(=O)(N[C@@H](C)C(=O)OCC)c1ccc(-c2nc(N)sc2CC(C)C)o1. The number of aromatic nitrogens is 1.